The van der Waals surface area contributed by atoms with E-state index < -0.39 is 29.6 Å². The first-order valence-electron chi connectivity index (χ1n) is 8.99. The van der Waals surface area contributed by atoms with Crippen LogP contribution in [0.2, 0.25) is 0 Å². The first-order valence-corrected chi connectivity index (χ1v) is 9.81. The first-order chi connectivity index (χ1) is 14.1. The summed E-state index contributed by atoms with van der Waals surface area (Å²) >= 11 is 0.724. The molecular formula is C21H20N2O6S. The molecule has 0 radical (unpaired) electrons. The molecule has 1 saturated heterocycles. The number of methoxy groups -OCH3 is 1. The molecule has 2 amide bonds. The number of amides is 2. The molecule has 3 rings (SSSR count). The van der Waals surface area contributed by atoms with Crippen molar-refractivity contribution in [1.29, 1.82) is 0 Å². The average molecular weight is 428 g/mol. The van der Waals surface area contributed by atoms with E-state index in [0.717, 1.165) is 40.0 Å². The van der Waals surface area contributed by atoms with Crippen LogP contribution in [0.4, 0.5) is 4.79 Å². The van der Waals surface area contributed by atoms with Crippen LogP contribution in [0.15, 0.2) is 29.2 Å². The van der Waals surface area contributed by atoms with Crippen molar-refractivity contribution in [3.05, 3.63) is 57.2 Å². The Bertz CT molecular complexity index is 1110. The van der Waals surface area contributed by atoms with Gasteiger partial charge in [0.1, 0.15) is 6.54 Å². The monoisotopic (exact) mass is 428 g/mol. The molecule has 156 valence electrons. The summed E-state index contributed by atoms with van der Waals surface area (Å²) in [5.41, 5.74) is 4.67. The lowest BCUT2D eigenvalue weighted by molar-refractivity contribution is -0.140. The van der Waals surface area contributed by atoms with Crippen molar-refractivity contribution in [2.45, 2.75) is 20.8 Å². The second-order valence-electron chi connectivity index (χ2n) is 6.82. The van der Waals surface area contributed by atoms with Gasteiger partial charge < -0.3 is 14.4 Å². The summed E-state index contributed by atoms with van der Waals surface area (Å²) < 4.78 is 6.75. The van der Waals surface area contributed by atoms with Crippen LogP contribution in [0, 0.1) is 20.8 Å². The van der Waals surface area contributed by atoms with Crippen molar-refractivity contribution < 1.29 is 29.0 Å². The molecule has 0 unspecified atom stereocenters. The van der Waals surface area contributed by atoms with Gasteiger partial charge in [-0.1, -0.05) is 0 Å². The molecule has 0 atom stereocenters. The summed E-state index contributed by atoms with van der Waals surface area (Å²) in [6.45, 7) is 5.02. The van der Waals surface area contributed by atoms with Crippen LogP contribution >= 0.6 is 11.8 Å². The summed E-state index contributed by atoms with van der Waals surface area (Å²) in [5, 5.41) is 8.28. The first kappa shape index (κ1) is 21.4. The van der Waals surface area contributed by atoms with Gasteiger partial charge in [-0.25, -0.2) is 4.79 Å². The second kappa shape index (κ2) is 8.19. The van der Waals surface area contributed by atoms with E-state index in [1.807, 2.05) is 37.5 Å². The third kappa shape index (κ3) is 3.88. The number of aryl methyl sites for hydroxylation is 2. The minimum atomic E-state index is -1.25. The predicted octanol–water partition coefficient (Wildman–Crippen LogP) is 3.31. The molecule has 1 aliphatic rings. The lowest BCUT2D eigenvalue weighted by atomic mass is 10.1. The highest BCUT2D eigenvalue weighted by Gasteiger charge is 2.36. The molecule has 1 fully saturated rings. The Morgan fingerprint density at radius 2 is 1.87 bits per heavy atom. The Kier molecular flexibility index (Phi) is 5.84. The van der Waals surface area contributed by atoms with E-state index in [4.69, 9.17) is 9.84 Å². The number of carbonyl (C=O) groups excluding carboxylic acids is 3. The number of esters is 1. The second-order valence-corrected chi connectivity index (χ2v) is 7.81. The van der Waals surface area contributed by atoms with Crippen molar-refractivity contribution in [2.75, 3.05) is 13.7 Å². The van der Waals surface area contributed by atoms with Gasteiger partial charge in [-0.15, -0.1) is 0 Å². The maximum absolute atomic E-state index is 12.4. The molecule has 30 heavy (non-hydrogen) atoms. The summed E-state index contributed by atoms with van der Waals surface area (Å²) in [5.74, 6) is -2.28. The summed E-state index contributed by atoms with van der Waals surface area (Å²) in [6, 6.07) is 7.14. The lowest BCUT2D eigenvalue weighted by Gasteiger charge is -2.14. The fraction of sp³-hybridized carbons (Fsp3) is 0.238. The quantitative estimate of drug-likeness (QED) is 0.575. The number of nitrogens with zero attached hydrogens (tertiary/aromatic N) is 2. The van der Waals surface area contributed by atoms with Gasteiger partial charge in [-0.05, 0) is 74.0 Å². The molecule has 0 bridgehead atoms. The molecule has 2 heterocycles. The Balaban J connectivity index is 1.98. The van der Waals surface area contributed by atoms with Crippen molar-refractivity contribution >= 4 is 40.9 Å². The van der Waals surface area contributed by atoms with Gasteiger partial charge >= 0.3 is 11.9 Å². The molecule has 2 aromatic rings. The molecule has 0 saturated carbocycles. The SMILES string of the molecule is COC(=O)c1ccc(-n2c(C)cc(/C=C3/SC(=O)N(CC(=O)O)C3=O)c2C)c(C)c1. The number of rotatable bonds is 5. The van der Waals surface area contributed by atoms with Crippen LogP contribution in [0.5, 0.6) is 0 Å². The Hall–Kier alpha value is -3.33. The molecule has 0 aliphatic carbocycles. The van der Waals surface area contributed by atoms with Crippen molar-refractivity contribution in [3.8, 4) is 5.69 Å². The van der Waals surface area contributed by atoms with Crippen molar-refractivity contribution in [1.82, 2.24) is 9.47 Å². The van der Waals surface area contributed by atoms with Crippen molar-refractivity contribution in [2.24, 2.45) is 0 Å². The van der Waals surface area contributed by atoms with Crippen LogP contribution in [-0.4, -0.2) is 51.3 Å². The zero-order chi connectivity index (χ0) is 22.2. The molecule has 1 aliphatic heterocycles. The number of thioether (sulfide) groups is 1. The highest BCUT2D eigenvalue weighted by Crippen LogP contribution is 2.34. The van der Waals surface area contributed by atoms with Crippen LogP contribution in [0.25, 0.3) is 11.8 Å². The fourth-order valence-electron chi connectivity index (χ4n) is 3.37. The summed E-state index contributed by atoms with van der Waals surface area (Å²) in [7, 11) is 1.33. The van der Waals surface area contributed by atoms with Gasteiger partial charge in [-0.2, -0.15) is 0 Å². The van der Waals surface area contributed by atoms with Gasteiger partial charge in [-0.3, -0.25) is 19.3 Å². The standard InChI is InChI=1S/C21H20N2O6S/c1-11-7-14(20(27)29-4)5-6-16(11)23-12(2)8-15(13(23)3)9-17-19(26)22(10-18(24)25)21(28)30-17/h5-9H,10H2,1-4H3,(H,24,25)/b17-9+. The number of hydrogen-bond acceptors (Lipinski definition) is 6. The van der Waals surface area contributed by atoms with Crippen LogP contribution < -0.4 is 0 Å². The average Bonchev–Trinajstić information content (AvgIpc) is 3.11. The topological polar surface area (TPSA) is 106 Å². The van der Waals surface area contributed by atoms with E-state index in [9.17, 15) is 19.2 Å². The number of aromatic nitrogens is 1. The van der Waals surface area contributed by atoms with Crippen LogP contribution in [0.1, 0.15) is 32.9 Å². The van der Waals surface area contributed by atoms with E-state index in [1.54, 1.807) is 18.2 Å². The van der Waals surface area contributed by atoms with E-state index in [1.165, 1.54) is 7.11 Å². The van der Waals surface area contributed by atoms with E-state index in [0.29, 0.717) is 10.5 Å². The maximum Gasteiger partial charge on any atom is 0.337 e. The third-order valence-corrected chi connectivity index (χ3v) is 5.69. The smallest absolute Gasteiger partial charge is 0.337 e. The molecule has 9 heteroatoms. The Morgan fingerprint density at radius 3 is 2.47 bits per heavy atom. The van der Waals surface area contributed by atoms with Crippen LogP contribution in [-0.2, 0) is 14.3 Å². The summed E-state index contributed by atoms with van der Waals surface area (Å²) in [4.78, 5) is 47.9. The van der Waals surface area contributed by atoms with E-state index in [2.05, 4.69) is 0 Å². The number of ether oxygens (including phenoxy) is 1. The molecule has 1 aromatic heterocycles. The number of aliphatic carboxylic acids is 1. The number of imide groups is 1. The van der Waals surface area contributed by atoms with Gasteiger partial charge in [0.15, 0.2) is 0 Å². The molecule has 1 aromatic carbocycles. The van der Waals surface area contributed by atoms with Crippen LogP contribution in [0.3, 0.4) is 0 Å². The minimum Gasteiger partial charge on any atom is -0.480 e. The zero-order valence-corrected chi connectivity index (χ0v) is 17.7. The number of carboxylic acid groups (broad SMARTS) is 1. The van der Waals surface area contributed by atoms with E-state index >= 15 is 0 Å². The molecule has 1 N–H and O–H groups in total. The molecule has 8 nitrogen and oxygen atoms in total. The summed E-state index contributed by atoms with van der Waals surface area (Å²) in [6.07, 6.45) is 1.60. The Morgan fingerprint density at radius 1 is 1.17 bits per heavy atom. The van der Waals surface area contributed by atoms with Gasteiger partial charge in [0.2, 0.25) is 0 Å². The third-order valence-electron chi connectivity index (χ3n) is 4.78. The van der Waals surface area contributed by atoms with Gasteiger partial charge in [0.05, 0.1) is 17.6 Å². The van der Waals surface area contributed by atoms with E-state index in [-0.39, 0.29) is 4.91 Å². The normalized spacial score (nSPS) is 15.2. The Labute approximate surface area is 177 Å². The fourth-order valence-corrected chi connectivity index (χ4v) is 4.20. The number of benzene rings is 1. The lowest BCUT2D eigenvalue weighted by Crippen LogP contribution is -2.33. The molecule has 0 spiro atoms. The zero-order valence-electron chi connectivity index (χ0n) is 16.9. The largest absolute Gasteiger partial charge is 0.480 e. The predicted molar refractivity (Wildman–Crippen MR) is 112 cm³/mol. The number of carboxylic acids is 1. The highest BCUT2D eigenvalue weighted by atomic mass is 32.2. The highest BCUT2D eigenvalue weighted by molar-refractivity contribution is 8.18. The number of carbonyl (C=O) groups is 4. The van der Waals surface area contributed by atoms with Crippen molar-refractivity contribution in [3.63, 3.8) is 0 Å². The molecular weight excluding hydrogens is 408 g/mol. The minimum absolute atomic E-state index is 0.180. The number of hydrogen-bond donors (Lipinski definition) is 1. The maximum atomic E-state index is 12.4. The van der Waals surface area contributed by atoms with Gasteiger partial charge in [0.25, 0.3) is 11.1 Å². The van der Waals surface area contributed by atoms with Gasteiger partial charge in [0, 0.05) is 17.1 Å².